The maximum atomic E-state index is 7.35. The van der Waals surface area contributed by atoms with Crippen molar-refractivity contribution in [2.75, 3.05) is 33.4 Å². The molecule has 4 heteroatoms. The van der Waals surface area contributed by atoms with Crippen molar-refractivity contribution < 1.29 is 4.74 Å². The fourth-order valence-corrected chi connectivity index (χ4v) is 3.73. The quantitative estimate of drug-likeness (QED) is 0.511. The molecule has 3 atom stereocenters. The fraction of sp³-hybridized carbons (Fsp3) is 0.929. The summed E-state index contributed by atoms with van der Waals surface area (Å²) in [4.78, 5) is 2.44. The van der Waals surface area contributed by atoms with E-state index in [0.29, 0.717) is 12.3 Å². The Labute approximate surface area is 110 Å². The standard InChI is InChI=1S/C14H27N3O/c1-18-7-6-17(5-4-14(15)16)10-13-9-11-2-3-12(13)8-11/h11-13H,2-10H2,1H3,(H3,15,16). The van der Waals surface area contributed by atoms with Crippen molar-refractivity contribution in [3.8, 4) is 0 Å². The molecule has 4 nitrogen and oxygen atoms in total. The lowest BCUT2D eigenvalue weighted by molar-refractivity contribution is 0.127. The number of nitrogens with one attached hydrogen (secondary N) is 1. The molecule has 2 saturated carbocycles. The van der Waals surface area contributed by atoms with Gasteiger partial charge in [-0.1, -0.05) is 6.42 Å². The summed E-state index contributed by atoms with van der Waals surface area (Å²) >= 11 is 0. The molecule has 0 aromatic carbocycles. The molecule has 0 heterocycles. The molecule has 3 N–H and O–H groups in total. The Morgan fingerprint density at radius 2 is 2.17 bits per heavy atom. The van der Waals surface area contributed by atoms with Crippen molar-refractivity contribution >= 4 is 5.84 Å². The van der Waals surface area contributed by atoms with Crippen molar-refractivity contribution in [1.82, 2.24) is 4.90 Å². The van der Waals surface area contributed by atoms with Crippen LogP contribution >= 0.6 is 0 Å². The molecule has 2 rings (SSSR count). The fourth-order valence-electron chi connectivity index (χ4n) is 3.73. The Hall–Kier alpha value is -0.610. The highest BCUT2D eigenvalue weighted by Gasteiger charge is 2.39. The maximum absolute atomic E-state index is 7.35. The molecule has 18 heavy (non-hydrogen) atoms. The van der Waals surface area contributed by atoms with Gasteiger partial charge in [0.1, 0.15) is 0 Å². The van der Waals surface area contributed by atoms with Gasteiger partial charge in [0.2, 0.25) is 0 Å². The van der Waals surface area contributed by atoms with Gasteiger partial charge in [-0.3, -0.25) is 5.41 Å². The Balaban J connectivity index is 1.78. The topological polar surface area (TPSA) is 62.3 Å². The van der Waals surface area contributed by atoms with E-state index in [1.165, 1.54) is 32.2 Å². The lowest BCUT2D eigenvalue weighted by Crippen LogP contribution is -2.36. The second-order valence-electron chi connectivity index (χ2n) is 6.00. The van der Waals surface area contributed by atoms with Crippen molar-refractivity contribution in [1.29, 1.82) is 5.41 Å². The number of ether oxygens (including phenoxy) is 1. The number of rotatable bonds is 8. The molecule has 0 aromatic rings. The lowest BCUT2D eigenvalue weighted by atomic mass is 9.88. The van der Waals surface area contributed by atoms with Gasteiger partial charge in [0, 0.05) is 33.2 Å². The Morgan fingerprint density at radius 1 is 1.33 bits per heavy atom. The first-order valence-electron chi connectivity index (χ1n) is 7.23. The molecule has 2 fully saturated rings. The molecule has 2 aliphatic rings. The van der Waals surface area contributed by atoms with Gasteiger partial charge in [-0.2, -0.15) is 0 Å². The maximum Gasteiger partial charge on any atom is 0.0918 e. The van der Waals surface area contributed by atoms with Crippen molar-refractivity contribution in [3.05, 3.63) is 0 Å². The third kappa shape index (κ3) is 3.69. The molecule has 2 aliphatic carbocycles. The zero-order valence-electron chi connectivity index (χ0n) is 11.5. The summed E-state index contributed by atoms with van der Waals surface area (Å²) in [6.07, 6.45) is 6.49. The van der Waals surface area contributed by atoms with E-state index in [-0.39, 0.29) is 0 Å². The smallest absolute Gasteiger partial charge is 0.0918 e. The van der Waals surface area contributed by atoms with Gasteiger partial charge in [-0.15, -0.1) is 0 Å². The molecule has 0 radical (unpaired) electrons. The van der Waals surface area contributed by atoms with Crippen LogP contribution in [0, 0.1) is 23.2 Å². The van der Waals surface area contributed by atoms with E-state index in [1.54, 1.807) is 7.11 Å². The first-order chi connectivity index (χ1) is 8.69. The number of hydrogen-bond acceptors (Lipinski definition) is 3. The zero-order valence-corrected chi connectivity index (χ0v) is 11.5. The average Bonchev–Trinajstić information content (AvgIpc) is 2.94. The van der Waals surface area contributed by atoms with Gasteiger partial charge >= 0.3 is 0 Å². The molecular formula is C14H27N3O. The highest BCUT2D eigenvalue weighted by atomic mass is 16.5. The summed E-state index contributed by atoms with van der Waals surface area (Å²) in [5, 5.41) is 7.35. The predicted molar refractivity (Wildman–Crippen MR) is 73.8 cm³/mol. The van der Waals surface area contributed by atoms with Crippen molar-refractivity contribution in [3.63, 3.8) is 0 Å². The normalized spacial score (nSPS) is 30.2. The van der Waals surface area contributed by atoms with E-state index in [2.05, 4.69) is 4.90 Å². The van der Waals surface area contributed by atoms with Crippen LogP contribution in [0.3, 0.4) is 0 Å². The first kappa shape index (κ1) is 13.8. The minimum Gasteiger partial charge on any atom is -0.388 e. The van der Waals surface area contributed by atoms with E-state index < -0.39 is 0 Å². The van der Waals surface area contributed by atoms with E-state index in [1.807, 2.05) is 0 Å². The van der Waals surface area contributed by atoms with Crippen LogP contribution in [-0.4, -0.2) is 44.1 Å². The third-order valence-corrected chi connectivity index (χ3v) is 4.69. The van der Waals surface area contributed by atoms with Gasteiger partial charge in [0.05, 0.1) is 12.4 Å². The Morgan fingerprint density at radius 3 is 2.72 bits per heavy atom. The number of nitrogens with zero attached hydrogens (tertiary/aromatic N) is 1. The van der Waals surface area contributed by atoms with Gasteiger partial charge in [-0.05, 0) is 37.0 Å². The van der Waals surface area contributed by atoms with Crippen molar-refractivity contribution in [2.24, 2.45) is 23.5 Å². The molecule has 2 bridgehead atoms. The summed E-state index contributed by atoms with van der Waals surface area (Å²) in [7, 11) is 1.75. The van der Waals surface area contributed by atoms with Crippen LogP contribution in [0.5, 0.6) is 0 Å². The highest BCUT2D eigenvalue weighted by molar-refractivity contribution is 5.76. The van der Waals surface area contributed by atoms with Gasteiger partial charge in [0.25, 0.3) is 0 Å². The molecule has 0 aliphatic heterocycles. The van der Waals surface area contributed by atoms with Crippen LogP contribution in [0.2, 0.25) is 0 Å². The van der Waals surface area contributed by atoms with E-state index in [4.69, 9.17) is 15.9 Å². The molecule has 0 aromatic heterocycles. The van der Waals surface area contributed by atoms with Crippen molar-refractivity contribution in [2.45, 2.75) is 32.1 Å². The average molecular weight is 253 g/mol. The second kappa shape index (κ2) is 6.53. The Bertz CT molecular complexity index is 282. The van der Waals surface area contributed by atoms with Crippen LogP contribution in [-0.2, 0) is 4.74 Å². The van der Waals surface area contributed by atoms with Gasteiger partial charge in [0.15, 0.2) is 0 Å². The summed E-state index contributed by atoms with van der Waals surface area (Å²) < 4.78 is 5.18. The number of fused-ring (bicyclic) bond motifs is 2. The summed E-state index contributed by atoms with van der Waals surface area (Å²) in [5.41, 5.74) is 5.46. The molecule has 3 unspecified atom stereocenters. The molecule has 0 saturated heterocycles. The SMILES string of the molecule is COCCN(CCC(=N)N)CC1CC2CCC1C2. The van der Waals surface area contributed by atoms with Crippen LogP contribution in [0.15, 0.2) is 0 Å². The van der Waals surface area contributed by atoms with Crippen LogP contribution < -0.4 is 5.73 Å². The first-order valence-corrected chi connectivity index (χ1v) is 7.23. The van der Waals surface area contributed by atoms with E-state index >= 15 is 0 Å². The minimum absolute atomic E-state index is 0.297. The molecule has 104 valence electrons. The van der Waals surface area contributed by atoms with Crippen LogP contribution in [0.1, 0.15) is 32.1 Å². The second-order valence-corrected chi connectivity index (χ2v) is 6.00. The number of nitrogens with two attached hydrogens (primary N) is 1. The summed E-state index contributed by atoms with van der Waals surface area (Å²) in [6, 6.07) is 0. The molecular weight excluding hydrogens is 226 g/mol. The lowest BCUT2D eigenvalue weighted by Gasteiger charge is -2.29. The number of amidine groups is 1. The zero-order chi connectivity index (χ0) is 13.0. The number of hydrogen-bond donors (Lipinski definition) is 2. The monoisotopic (exact) mass is 253 g/mol. The Kier molecular flexibility index (Phi) is 5.01. The summed E-state index contributed by atoms with van der Waals surface area (Å²) in [6.45, 7) is 3.83. The highest BCUT2D eigenvalue weighted by Crippen LogP contribution is 2.48. The van der Waals surface area contributed by atoms with Crippen LogP contribution in [0.25, 0.3) is 0 Å². The van der Waals surface area contributed by atoms with E-state index in [0.717, 1.165) is 37.5 Å². The molecule has 0 amide bonds. The largest absolute Gasteiger partial charge is 0.388 e. The number of methoxy groups -OCH3 is 1. The molecule has 0 spiro atoms. The van der Waals surface area contributed by atoms with Crippen LogP contribution in [0.4, 0.5) is 0 Å². The minimum atomic E-state index is 0.297. The predicted octanol–water partition coefficient (Wildman–Crippen LogP) is 1.70. The van der Waals surface area contributed by atoms with Gasteiger partial charge in [-0.25, -0.2) is 0 Å². The van der Waals surface area contributed by atoms with Gasteiger partial charge < -0.3 is 15.4 Å². The van der Waals surface area contributed by atoms with E-state index in [9.17, 15) is 0 Å². The summed E-state index contributed by atoms with van der Waals surface area (Å²) in [5.74, 6) is 3.16. The third-order valence-electron chi connectivity index (χ3n) is 4.69.